The van der Waals surface area contributed by atoms with Crippen LogP contribution >= 0.6 is 15.9 Å². The number of nitrogens with zero attached hydrogens (tertiary/aromatic N) is 3. The molecule has 0 spiro atoms. The van der Waals surface area contributed by atoms with E-state index in [1.807, 2.05) is 75.4 Å². The van der Waals surface area contributed by atoms with Gasteiger partial charge in [-0.3, -0.25) is 24.3 Å². The van der Waals surface area contributed by atoms with Gasteiger partial charge < -0.3 is 20.7 Å². The van der Waals surface area contributed by atoms with Crippen molar-refractivity contribution in [3.63, 3.8) is 0 Å². The lowest BCUT2D eigenvalue weighted by atomic mass is 9.93. The zero-order chi connectivity index (χ0) is 31.6. The topological polar surface area (TPSA) is 134 Å². The third kappa shape index (κ3) is 6.83. The van der Waals surface area contributed by atoms with Gasteiger partial charge in [0.05, 0.1) is 18.0 Å². The largest absolute Gasteiger partial charge is 0.487 e. The van der Waals surface area contributed by atoms with Crippen LogP contribution in [0.5, 0.6) is 5.75 Å². The number of urea groups is 1. The van der Waals surface area contributed by atoms with Crippen molar-refractivity contribution in [2.24, 2.45) is 10.7 Å². The fourth-order valence-corrected chi connectivity index (χ4v) is 5.62. The lowest BCUT2D eigenvalue weighted by Gasteiger charge is -2.36. The zero-order valence-corrected chi connectivity index (χ0v) is 26.3. The Morgan fingerprint density at radius 2 is 1.73 bits per heavy atom. The Labute approximate surface area is 264 Å². The Bertz CT molecular complexity index is 1620. The molecule has 0 saturated carbocycles. The summed E-state index contributed by atoms with van der Waals surface area (Å²) in [6.45, 7) is 6.21. The van der Waals surface area contributed by atoms with Crippen molar-refractivity contribution in [2.75, 3.05) is 19.6 Å². The van der Waals surface area contributed by atoms with Gasteiger partial charge in [-0.2, -0.15) is 0 Å². The van der Waals surface area contributed by atoms with Crippen LogP contribution in [0.15, 0.2) is 82.3 Å². The van der Waals surface area contributed by atoms with Crippen molar-refractivity contribution in [2.45, 2.75) is 44.9 Å². The Balaban J connectivity index is 1.71. The average Bonchev–Trinajstić information content (AvgIpc) is 3.36. The van der Waals surface area contributed by atoms with Gasteiger partial charge in [-0.15, -0.1) is 0 Å². The van der Waals surface area contributed by atoms with Crippen LogP contribution in [0.3, 0.4) is 0 Å². The van der Waals surface area contributed by atoms with Crippen LogP contribution in [0.25, 0.3) is 0 Å². The maximum atomic E-state index is 14.5. The van der Waals surface area contributed by atoms with Gasteiger partial charge in [0.2, 0.25) is 11.8 Å². The molecule has 1 saturated heterocycles. The van der Waals surface area contributed by atoms with E-state index in [4.69, 9.17) is 15.5 Å². The smallest absolute Gasteiger partial charge is 0.326 e. The second-order valence-electron chi connectivity index (χ2n) is 11.7. The highest BCUT2D eigenvalue weighted by atomic mass is 79.9. The SMILES string of the molecule is CC(C)(C)Oc1cc(C(=O)CC(N)=O)ccc1C1=N[C@@H](c2ccccc2)[C@@H](c2ccc(Br)cc2)N1C(=O)N1CCNC(=O)C1. The minimum absolute atomic E-state index is 0.0857. The van der Waals surface area contributed by atoms with Crippen molar-refractivity contribution in [3.05, 3.63) is 99.5 Å². The summed E-state index contributed by atoms with van der Waals surface area (Å²) in [5, 5.41) is 2.78. The van der Waals surface area contributed by atoms with Crippen molar-refractivity contribution in [3.8, 4) is 5.75 Å². The number of primary amides is 1. The fraction of sp³-hybridized carbons (Fsp3) is 0.303. The van der Waals surface area contributed by atoms with E-state index < -0.39 is 35.8 Å². The number of nitrogens with one attached hydrogen (secondary N) is 1. The first-order valence-corrected chi connectivity index (χ1v) is 15.1. The number of halogens is 1. The number of ketones is 1. The van der Waals surface area contributed by atoms with E-state index in [2.05, 4.69) is 21.2 Å². The number of nitrogens with two attached hydrogens (primary N) is 1. The Hall–Kier alpha value is -4.51. The highest BCUT2D eigenvalue weighted by Crippen LogP contribution is 2.45. The summed E-state index contributed by atoms with van der Waals surface area (Å²) in [6.07, 6.45) is -0.446. The number of piperazine rings is 1. The standard InChI is InChI=1S/C33H34BrN5O5/c1-33(2,3)44-26-17-22(25(40)18-27(35)41)11-14-24(26)31-37-29(20-7-5-4-6-8-20)30(21-9-12-23(34)13-10-21)39(31)32(43)38-16-15-36-28(42)19-38/h4-14,17,29-30H,15-16,18-19H2,1-3H3,(H2,35,41)(H,36,42)/t29-,30+/m0/s1. The first-order valence-electron chi connectivity index (χ1n) is 14.3. The van der Waals surface area contributed by atoms with Crippen molar-refractivity contribution in [1.82, 2.24) is 15.1 Å². The molecule has 0 radical (unpaired) electrons. The van der Waals surface area contributed by atoms with E-state index in [1.165, 1.54) is 4.90 Å². The predicted molar refractivity (Wildman–Crippen MR) is 169 cm³/mol. The Morgan fingerprint density at radius 1 is 1.02 bits per heavy atom. The van der Waals surface area contributed by atoms with Crippen molar-refractivity contribution >= 4 is 45.4 Å². The molecule has 0 aromatic heterocycles. The maximum absolute atomic E-state index is 14.5. The molecule has 3 aromatic carbocycles. The van der Waals surface area contributed by atoms with Crippen LogP contribution in [0, 0.1) is 0 Å². The molecule has 11 heteroatoms. The number of amides is 4. The van der Waals surface area contributed by atoms with Gasteiger partial charge in [0.1, 0.15) is 29.8 Å². The predicted octanol–water partition coefficient (Wildman–Crippen LogP) is 4.78. The molecule has 44 heavy (non-hydrogen) atoms. The Kier molecular flexibility index (Phi) is 8.87. The molecule has 2 atom stereocenters. The molecule has 2 heterocycles. The monoisotopic (exact) mass is 659 g/mol. The molecule has 228 valence electrons. The number of benzene rings is 3. The van der Waals surface area contributed by atoms with E-state index in [1.54, 1.807) is 23.1 Å². The summed E-state index contributed by atoms with van der Waals surface area (Å²) in [5.74, 6) is -0.752. The number of amidine groups is 1. The van der Waals surface area contributed by atoms with Crippen LogP contribution in [0.4, 0.5) is 4.79 Å². The minimum atomic E-state index is -0.733. The fourth-order valence-electron chi connectivity index (χ4n) is 5.35. The van der Waals surface area contributed by atoms with E-state index in [-0.39, 0.29) is 24.0 Å². The molecule has 1 fully saturated rings. The third-order valence-electron chi connectivity index (χ3n) is 7.23. The second-order valence-corrected chi connectivity index (χ2v) is 12.6. The van der Waals surface area contributed by atoms with Gasteiger partial charge >= 0.3 is 6.03 Å². The molecule has 3 N–H and O–H groups in total. The van der Waals surface area contributed by atoms with Crippen LogP contribution < -0.4 is 15.8 Å². The van der Waals surface area contributed by atoms with E-state index in [0.717, 1.165) is 15.6 Å². The van der Waals surface area contributed by atoms with Crippen molar-refractivity contribution in [1.29, 1.82) is 0 Å². The normalized spacial score (nSPS) is 18.5. The molecule has 3 aromatic rings. The molecule has 0 bridgehead atoms. The quantitative estimate of drug-likeness (QED) is 0.278. The second kappa shape index (κ2) is 12.6. The summed E-state index contributed by atoms with van der Waals surface area (Å²) in [5.41, 5.74) is 7.10. The van der Waals surface area contributed by atoms with Gasteiger partial charge in [0, 0.05) is 23.1 Å². The summed E-state index contributed by atoms with van der Waals surface area (Å²) < 4.78 is 7.25. The Morgan fingerprint density at radius 3 is 2.36 bits per heavy atom. The molecule has 10 nitrogen and oxygen atoms in total. The van der Waals surface area contributed by atoms with Gasteiger partial charge in [-0.25, -0.2) is 4.79 Å². The number of aliphatic imine (C=N–C) groups is 1. The number of hydrogen-bond acceptors (Lipinski definition) is 6. The first-order chi connectivity index (χ1) is 20.9. The number of ether oxygens (including phenoxy) is 1. The lowest BCUT2D eigenvalue weighted by Crippen LogP contribution is -2.55. The van der Waals surface area contributed by atoms with Crippen LogP contribution in [0.2, 0.25) is 0 Å². The molecule has 0 unspecified atom stereocenters. The molecule has 0 aliphatic carbocycles. The molecular formula is C33H34BrN5O5. The zero-order valence-electron chi connectivity index (χ0n) is 24.7. The first kappa shape index (κ1) is 30.9. The molecule has 5 rings (SSSR count). The number of carbonyl (C=O) groups excluding carboxylic acids is 4. The third-order valence-corrected chi connectivity index (χ3v) is 7.76. The van der Waals surface area contributed by atoms with Crippen LogP contribution in [-0.2, 0) is 9.59 Å². The molecule has 4 amide bonds. The molecule has 2 aliphatic heterocycles. The number of hydrogen-bond donors (Lipinski definition) is 2. The van der Waals surface area contributed by atoms with Crippen LogP contribution in [-0.4, -0.2) is 64.5 Å². The molecule has 2 aliphatic rings. The average molecular weight is 661 g/mol. The van der Waals surface area contributed by atoms with Gasteiger partial charge in [0.25, 0.3) is 0 Å². The van der Waals surface area contributed by atoms with Gasteiger partial charge in [-0.1, -0.05) is 64.5 Å². The van der Waals surface area contributed by atoms with E-state index >= 15 is 0 Å². The van der Waals surface area contributed by atoms with Gasteiger partial charge in [-0.05, 0) is 56.2 Å². The van der Waals surface area contributed by atoms with Crippen LogP contribution in [0.1, 0.15) is 66.3 Å². The summed E-state index contributed by atoms with van der Waals surface area (Å²) in [7, 11) is 0. The lowest BCUT2D eigenvalue weighted by molar-refractivity contribution is -0.123. The summed E-state index contributed by atoms with van der Waals surface area (Å²) >= 11 is 3.51. The maximum Gasteiger partial charge on any atom is 0.326 e. The van der Waals surface area contributed by atoms with Gasteiger partial charge in [0.15, 0.2) is 5.78 Å². The van der Waals surface area contributed by atoms with E-state index in [0.29, 0.717) is 30.2 Å². The van der Waals surface area contributed by atoms with Crippen molar-refractivity contribution < 1.29 is 23.9 Å². The highest BCUT2D eigenvalue weighted by molar-refractivity contribution is 9.10. The minimum Gasteiger partial charge on any atom is -0.487 e. The summed E-state index contributed by atoms with van der Waals surface area (Å²) in [6, 6.07) is 20.9. The summed E-state index contributed by atoms with van der Waals surface area (Å²) in [4.78, 5) is 59.5. The molecular weight excluding hydrogens is 626 g/mol. The highest BCUT2D eigenvalue weighted by Gasteiger charge is 2.45. The number of carbonyl (C=O) groups is 4. The number of Topliss-reactive ketones (excluding diaryl/α,β-unsaturated/α-hetero) is 1. The van der Waals surface area contributed by atoms with E-state index in [9.17, 15) is 19.2 Å². The number of rotatable bonds is 7.